The average Bonchev–Trinajstić information content (AvgIpc) is 3.59. The molecule has 0 aromatic heterocycles. The number of morpholine rings is 1. The van der Waals surface area contributed by atoms with Crippen LogP contribution < -0.4 is 0 Å². The predicted octanol–water partition coefficient (Wildman–Crippen LogP) is 2.41. The van der Waals surface area contributed by atoms with Crippen LogP contribution >= 0.6 is 11.8 Å². The third kappa shape index (κ3) is 5.79. The maximum absolute atomic E-state index is 14.6. The molecule has 10 heteroatoms. The molecule has 4 heterocycles. The van der Waals surface area contributed by atoms with Crippen LogP contribution in [0.15, 0.2) is 55.6 Å². The summed E-state index contributed by atoms with van der Waals surface area (Å²) in [6, 6.07) is 8.53. The van der Waals surface area contributed by atoms with Crippen molar-refractivity contribution >= 4 is 29.5 Å². The molecule has 4 aliphatic rings. The van der Waals surface area contributed by atoms with E-state index in [1.165, 1.54) is 0 Å². The van der Waals surface area contributed by atoms with Crippen LogP contribution in [0.1, 0.15) is 32.3 Å². The number of ether oxygens (including phenoxy) is 1. The summed E-state index contributed by atoms with van der Waals surface area (Å²) in [5, 5.41) is 10.3. The van der Waals surface area contributed by atoms with Gasteiger partial charge < -0.3 is 24.5 Å². The van der Waals surface area contributed by atoms with Gasteiger partial charge in [-0.25, -0.2) is 0 Å². The van der Waals surface area contributed by atoms with Crippen LogP contribution in [0.3, 0.4) is 0 Å². The van der Waals surface area contributed by atoms with Gasteiger partial charge in [0, 0.05) is 50.6 Å². The number of carbonyl (C=O) groups excluding carboxylic acids is 3. The smallest absolute Gasteiger partial charge is 0.247 e. The van der Waals surface area contributed by atoms with Crippen LogP contribution in [-0.4, -0.2) is 123 Å². The Morgan fingerprint density at radius 1 is 1.12 bits per heavy atom. The molecule has 3 amide bonds. The Labute approximate surface area is 259 Å². The number of benzene rings is 1. The van der Waals surface area contributed by atoms with Crippen LogP contribution in [0.2, 0.25) is 0 Å². The van der Waals surface area contributed by atoms with Gasteiger partial charge in [0.15, 0.2) is 0 Å². The van der Waals surface area contributed by atoms with Gasteiger partial charge in [-0.3, -0.25) is 19.3 Å². The van der Waals surface area contributed by atoms with E-state index in [0.717, 1.165) is 25.1 Å². The lowest BCUT2D eigenvalue weighted by Crippen LogP contribution is -2.58. The number of amides is 3. The fraction of sp³-hybridized carbons (Fsp3) is 0.606. The Balaban J connectivity index is 1.47. The monoisotopic (exact) mass is 610 g/mol. The zero-order valence-corrected chi connectivity index (χ0v) is 26.3. The zero-order valence-electron chi connectivity index (χ0n) is 25.5. The van der Waals surface area contributed by atoms with Crippen molar-refractivity contribution < 1.29 is 24.2 Å². The molecule has 6 atom stereocenters. The minimum Gasteiger partial charge on any atom is -0.394 e. The normalized spacial score (nSPS) is 30.6. The summed E-state index contributed by atoms with van der Waals surface area (Å²) >= 11 is 1.67. The summed E-state index contributed by atoms with van der Waals surface area (Å²) in [5.41, 5.74) is 1.01. The lowest BCUT2D eigenvalue weighted by molar-refractivity contribution is -0.147. The van der Waals surface area contributed by atoms with E-state index in [4.69, 9.17) is 4.74 Å². The molecule has 5 rings (SSSR count). The second-order valence-corrected chi connectivity index (χ2v) is 14.4. The molecule has 2 unspecified atom stereocenters. The first-order valence-electron chi connectivity index (χ1n) is 15.5. The summed E-state index contributed by atoms with van der Waals surface area (Å²) in [5.74, 6) is -1.60. The van der Waals surface area contributed by atoms with Crippen molar-refractivity contribution in [2.75, 3.05) is 59.1 Å². The van der Waals surface area contributed by atoms with Gasteiger partial charge in [-0.1, -0.05) is 42.5 Å². The lowest BCUT2D eigenvalue weighted by Gasteiger charge is -2.39. The molecule has 1 spiro atoms. The van der Waals surface area contributed by atoms with Gasteiger partial charge in [0.05, 0.1) is 42.4 Å². The Morgan fingerprint density at radius 2 is 1.79 bits per heavy atom. The standard InChI is InChI=1S/C33H46N4O5S/c1-5-14-35(17-16-34-18-20-42-21-19-34)31(41)28-33-13-12-32(4,43-33)26(27(33)30(40)37(28)24(3)23-38)29(39)36(15-6-2)22-25-10-8-7-9-11-25/h5-11,24,26-28,38H,1-2,12-23H2,3-4H3/t24-,26+,27+,28?,32-,33?/m1/s1. The first-order chi connectivity index (χ1) is 20.7. The molecular formula is C33H46N4O5S. The molecule has 9 nitrogen and oxygen atoms in total. The molecule has 234 valence electrons. The first-order valence-corrected chi connectivity index (χ1v) is 16.3. The molecule has 4 saturated heterocycles. The quantitative estimate of drug-likeness (QED) is 0.343. The third-order valence-corrected chi connectivity index (χ3v) is 11.8. The molecule has 0 saturated carbocycles. The lowest BCUT2D eigenvalue weighted by atomic mass is 9.66. The molecule has 1 N–H and O–H groups in total. The van der Waals surface area contributed by atoms with Gasteiger partial charge in [-0.05, 0) is 32.3 Å². The fourth-order valence-electron chi connectivity index (χ4n) is 7.68. The number of aliphatic hydroxyl groups excluding tert-OH is 1. The number of rotatable bonds is 13. The number of thioether (sulfide) groups is 1. The van der Waals surface area contributed by atoms with Crippen molar-refractivity contribution in [3.63, 3.8) is 0 Å². The number of aliphatic hydroxyl groups is 1. The van der Waals surface area contributed by atoms with E-state index >= 15 is 0 Å². The molecular weight excluding hydrogens is 564 g/mol. The van der Waals surface area contributed by atoms with E-state index < -0.39 is 33.4 Å². The van der Waals surface area contributed by atoms with E-state index in [9.17, 15) is 19.5 Å². The molecule has 0 radical (unpaired) electrons. The van der Waals surface area contributed by atoms with Crippen molar-refractivity contribution in [1.82, 2.24) is 19.6 Å². The van der Waals surface area contributed by atoms with Gasteiger partial charge >= 0.3 is 0 Å². The highest BCUT2D eigenvalue weighted by atomic mass is 32.2. The van der Waals surface area contributed by atoms with Crippen molar-refractivity contribution in [3.8, 4) is 0 Å². The highest BCUT2D eigenvalue weighted by Gasteiger charge is 2.77. The SMILES string of the molecule is C=CCN(CCN1CCOCC1)C(=O)C1N([C@H](C)CO)C(=O)[C@@H]2[C@@H](C(=O)N(CC=C)Cc3ccccc3)[C@@]3(C)CCC12S3. The van der Waals surface area contributed by atoms with Crippen molar-refractivity contribution in [2.45, 2.75) is 54.8 Å². The van der Waals surface area contributed by atoms with E-state index in [0.29, 0.717) is 52.4 Å². The molecule has 4 fully saturated rings. The van der Waals surface area contributed by atoms with Crippen LogP contribution in [-0.2, 0) is 25.7 Å². The molecule has 4 aliphatic heterocycles. The summed E-state index contributed by atoms with van der Waals surface area (Å²) in [7, 11) is 0. The molecule has 43 heavy (non-hydrogen) atoms. The third-order valence-electron chi connectivity index (χ3n) is 9.78. The van der Waals surface area contributed by atoms with Crippen LogP contribution in [0.4, 0.5) is 0 Å². The van der Waals surface area contributed by atoms with E-state index in [2.05, 4.69) is 25.0 Å². The largest absolute Gasteiger partial charge is 0.394 e. The van der Waals surface area contributed by atoms with Gasteiger partial charge in [-0.2, -0.15) is 0 Å². The minimum absolute atomic E-state index is 0.0707. The molecule has 0 aliphatic carbocycles. The van der Waals surface area contributed by atoms with Crippen LogP contribution in [0.5, 0.6) is 0 Å². The maximum atomic E-state index is 14.6. The van der Waals surface area contributed by atoms with Gasteiger partial charge in [0.1, 0.15) is 6.04 Å². The maximum Gasteiger partial charge on any atom is 0.247 e. The number of hydrogen-bond acceptors (Lipinski definition) is 7. The summed E-state index contributed by atoms with van der Waals surface area (Å²) in [6.07, 6.45) is 4.87. The Hall–Kier alpha value is -2.66. The van der Waals surface area contributed by atoms with Crippen molar-refractivity contribution in [1.29, 1.82) is 0 Å². The number of fused-ring (bicyclic) bond motifs is 1. The number of hydrogen-bond donors (Lipinski definition) is 1. The molecule has 1 aromatic rings. The Kier molecular flexibility index (Phi) is 9.70. The first kappa shape index (κ1) is 31.8. The number of carbonyl (C=O) groups is 3. The molecule has 2 bridgehead atoms. The molecule has 1 aromatic carbocycles. The topological polar surface area (TPSA) is 93.6 Å². The van der Waals surface area contributed by atoms with E-state index in [-0.39, 0.29) is 24.3 Å². The van der Waals surface area contributed by atoms with Crippen LogP contribution in [0, 0.1) is 11.8 Å². The summed E-state index contributed by atoms with van der Waals surface area (Å²) in [4.78, 5) is 51.0. The van der Waals surface area contributed by atoms with Gasteiger partial charge in [0.25, 0.3) is 0 Å². The second-order valence-electron chi connectivity index (χ2n) is 12.5. The highest BCUT2D eigenvalue weighted by molar-refractivity contribution is 8.02. The second kappa shape index (κ2) is 13.1. The summed E-state index contributed by atoms with van der Waals surface area (Å²) < 4.78 is 4.27. The fourth-order valence-corrected chi connectivity index (χ4v) is 10.0. The zero-order chi connectivity index (χ0) is 30.8. The number of nitrogens with zero attached hydrogens (tertiary/aromatic N) is 4. The van der Waals surface area contributed by atoms with Gasteiger partial charge in [0.2, 0.25) is 17.7 Å². The van der Waals surface area contributed by atoms with Gasteiger partial charge in [-0.15, -0.1) is 24.9 Å². The minimum atomic E-state index is -0.761. The summed E-state index contributed by atoms with van der Waals surface area (Å²) in [6.45, 7) is 16.8. The van der Waals surface area contributed by atoms with E-state index in [1.54, 1.807) is 45.5 Å². The average molecular weight is 611 g/mol. The van der Waals surface area contributed by atoms with Crippen molar-refractivity contribution in [3.05, 3.63) is 61.2 Å². The Morgan fingerprint density at radius 3 is 2.44 bits per heavy atom. The van der Waals surface area contributed by atoms with Crippen molar-refractivity contribution in [2.24, 2.45) is 11.8 Å². The highest BCUT2D eigenvalue weighted by Crippen LogP contribution is 2.71. The van der Waals surface area contributed by atoms with E-state index in [1.807, 2.05) is 30.3 Å². The van der Waals surface area contributed by atoms with Crippen LogP contribution in [0.25, 0.3) is 0 Å². The Bertz CT molecular complexity index is 1210. The predicted molar refractivity (Wildman–Crippen MR) is 168 cm³/mol. The number of likely N-dealkylation sites (tertiary alicyclic amines) is 1.